The molecule has 17 nitrogen and oxygen atoms in total. The number of nitrogens with zero attached hydrogens (tertiary/aromatic N) is 4. The van der Waals surface area contributed by atoms with Crippen LogP contribution in [0.25, 0.3) is 21.8 Å². The van der Waals surface area contributed by atoms with Crippen molar-refractivity contribution >= 4 is 62.7 Å². The highest BCUT2D eigenvalue weighted by Crippen LogP contribution is 2.37. The van der Waals surface area contributed by atoms with Gasteiger partial charge in [-0.3, -0.25) is 34.1 Å². The van der Waals surface area contributed by atoms with E-state index in [1.54, 1.807) is 30.3 Å². The third kappa shape index (κ3) is 9.00. The molecule has 0 bridgehead atoms. The molecule has 0 saturated carbocycles. The number of imide groups is 1. The maximum Gasteiger partial charge on any atom is 0.261 e. The van der Waals surface area contributed by atoms with Crippen LogP contribution in [0.2, 0.25) is 0 Å². The third-order valence-electron chi connectivity index (χ3n) is 11.1. The topological polar surface area (TPSA) is 209 Å². The largest absolute Gasteiger partial charge is 0.497 e. The standard InChI is InChI=1S/C47H44FN7O10/c1-25-42(43(58)32-20-29(62-3)11-13-35(32)54(25)2)45(60)52-28-10-15-37(33(48)19-28)65-46-31-21-38(63-4)39(22-34(31)49-24-50-46)64-17-7-5-6-8-40(56)51-27-9-12-30-26(18-27)23-55(47(30)61)36-14-16-41(57)53-44(36)59/h9-13,15,18-22,24,36H,5-8,14,16-17,23H2,1-4H3,(H,51,56)(H,52,60)(H,53,57,59)/i2D3,3D3. The molecular formula is C47H44FN7O10. The quantitative estimate of drug-likeness (QED) is 0.0764. The summed E-state index contributed by atoms with van der Waals surface area (Å²) < 4.78 is 85.3. The number of hydrogen-bond acceptors (Lipinski definition) is 12. The molecule has 6 aromatic rings. The van der Waals surface area contributed by atoms with E-state index in [0.717, 1.165) is 16.7 Å². The zero-order chi connectivity index (χ0) is 50.9. The Morgan fingerprint density at radius 1 is 0.908 bits per heavy atom. The molecule has 4 heterocycles. The molecule has 8 rings (SSSR count). The summed E-state index contributed by atoms with van der Waals surface area (Å²) in [5.74, 6) is -3.32. The normalized spacial score (nSPS) is 16.3. The van der Waals surface area contributed by atoms with Gasteiger partial charge in [-0.15, -0.1) is 0 Å². The molecule has 334 valence electrons. The molecule has 18 heteroatoms. The van der Waals surface area contributed by atoms with Crippen LogP contribution in [0.15, 0.2) is 77.9 Å². The number of aryl methyl sites for hydroxylation is 1. The van der Waals surface area contributed by atoms with Crippen LogP contribution in [0.5, 0.6) is 28.9 Å². The predicted molar refractivity (Wildman–Crippen MR) is 236 cm³/mol. The Morgan fingerprint density at radius 2 is 1.74 bits per heavy atom. The number of piperidine rings is 1. The molecule has 0 aliphatic carbocycles. The molecule has 2 aliphatic rings. The highest BCUT2D eigenvalue weighted by atomic mass is 19.1. The number of nitrogens with one attached hydrogen (secondary N) is 3. The van der Waals surface area contributed by atoms with Gasteiger partial charge in [0.1, 0.15) is 23.7 Å². The third-order valence-corrected chi connectivity index (χ3v) is 11.1. The maximum atomic E-state index is 15.7. The van der Waals surface area contributed by atoms with Crippen molar-refractivity contribution in [1.29, 1.82) is 0 Å². The zero-order valence-electron chi connectivity index (χ0n) is 40.9. The van der Waals surface area contributed by atoms with Gasteiger partial charge in [0.15, 0.2) is 23.1 Å². The first-order chi connectivity index (χ1) is 33.7. The number of pyridine rings is 1. The molecule has 1 saturated heterocycles. The van der Waals surface area contributed by atoms with Gasteiger partial charge < -0.3 is 39.0 Å². The summed E-state index contributed by atoms with van der Waals surface area (Å²) in [5, 5.41) is 7.61. The molecule has 5 amide bonds. The van der Waals surface area contributed by atoms with Crippen LogP contribution in [-0.2, 0) is 27.9 Å². The van der Waals surface area contributed by atoms with Gasteiger partial charge in [-0.05, 0) is 92.8 Å². The van der Waals surface area contributed by atoms with Crippen molar-refractivity contribution in [2.24, 2.45) is 6.98 Å². The van der Waals surface area contributed by atoms with Gasteiger partial charge in [-0.2, -0.15) is 0 Å². The van der Waals surface area contributed by atoms with E-state index in [1.165, 1.54) is 49.5 Å². The summed E-state index contributed by atoms with van der Waals surface area (Å²) >= 11 is 0. The van der Waals surface area contributed by atoms with Gasteiger partial charge in [0.05, 0.1) is 46.7 Å². The van der Waals surface area contributed by atoms with E-state index in [0.29, 0.717) is 58.5 Å². The fourth-order valence-corrected chi connectivity index (χ4v) is 7.79. The van der Waals surface area contributed by atoms with Crippen LogP contribution < -0.4 is 40.3 Å². The first-order valence-electron chi connectivity index (χ1n) is 23.4. The molecule has 0 spiro atoms. The zero-order valence-corrected chi connectivity index (χ0v) is 34.9. The number of carbonyl (C=O) groups excluding carboxylic acids is 5. The second kappa shape index (κ2) is 18.4. The molecule has 0 radical (unpaired) electrons. The van der Waals surface area contributed by atoms with Crippen molar-refractivity contribution in [1.82, 2.24) is 24.8 Å². The fraction of sp³-hybridized carbons (Fsp3) is 0.277. The van der Waals surface area contributed by atoms with Gasteiger partial charge in [0, 0.05) is 65.2 Å². The van der Waals surface area contributed by atoms with Crippen molar-refractivity contribution < 1.29 is 55.5 Å². The fourth-order valence-electron chi connectivity index (χ4n) is 7.79. The number of carbonyl (C=O) groups is 5. The molecule has 65 heavy (non-hydrogen) atoms. The lowest BCUT2D eigenvalue weighted by Crippen LogP contribution is -2.52. The predicted octanol–water partition coefficient (Wildman–Crippen LogP) is 6.33. The van der Waals surface area contributed by atoms with Crippen LogP contribution in [0.4, 0.5) is 15.8 Å². The first-order valence-corrected chi connectivity index (χ1v) is 20.4. The minimum Gasteiger partial charge on any atom is -0.497 e. The average Bonchev–Trinajstić information content (AvgIpc) is 3.61. The lowest BCUT2D eigenvalue weighted by molar-refractivity contribution is -0.137. The minimum atomic E-state index is -2.88. The highest BCUT2D eigenvalue weighted by molar-refractivity contribution is 6.07. The van der Waals surface area contributed by atoms with Crippen molar-refractivity contribution in [2.45, 2.75) is 58.0 Å². The number of rotatable bonds is 15. The second-order valence-electron chi connectivity index (χ2n) is 15.3. The number of benzene rings is 4. The number of amides is 5. The van der Waals surface area contributed by atoms with Gasteiger partial charge in [-0.25, -0.2) is 14.4 Å². The molecule has 1 atom stereocenters. The lowest BCUT2D eigenvalue weighted by Gasteiger charge is -2.29. The van der Waals surface area contributed by atoms with E-state index in [9.17, 15) is 28.8 Å². The second-order valence-corrected chi connectivity index (χ2v) is 15.3. The number of aromatic nitrogens is 3. The number of methoxy groups -OCH3 is 2. The van der Waals surface area contributed by atoms with Crippen molar-refractivity contribution in [3.05, 3.63) is 111 Å². The number of halogens is 1. The Balaban J connectivity index is 0.863. The van der Waals surface area contributed by atoms with E-state index >= 15 is 4.39 Å². The summed E-state index contributed by atoms with van der Waals surface area (Å²) in [6.45, 7) is -1.14. The van der Waals surface area contributed by atoms with E-state index in [1.807, 2.05) is 0 Å². The van der Waals surface area contributed by atoms with Crippen molar-refractivity contribution in [3.8, 4) is 28.9 Å². The van der Waals surface area contributed by atoms with Crippen LogP contribution >= 0.6 is 0 Å². The van der Waals surface area contributed by atoms with Gasteiger partial charge in [0.25, 0.3) is 11.8 Å². The Kier molecular flexibility index (Phi) is 10.4. The molecule has 1 fully saturated rings. The number of hydrogen-bond donors (Lipinski definition) is 3. The van der Waals surface area contributed by atoms with Gasteiger partial charge in [0.2, 0.25) is 29.0 Å². The van der Waals surface area contributed by atoms with Gasteiger partial charge in [-0.1, -0.05) is 0 Å². The Hall–Kier alpha value is -7.89. The Morgan fingerprint density at radius 3 is 2.52 bits per heavy atom. The highest BCUT2D eigenvalue weighted by Gasteiger charge is 2.39. The molecule has 2 aliphatic heterocycles. The lowest BCUT2D eigenvalue weighted by atomic mass is 10.0. The van der Waals surface area contributed by atoms with E-state index in [2.05, 4.69) is 25.9 Å². The number of unbranched alkanes of at least 4 members (excludes halogenated alkanes) is 2. The summed E-state index contributed by atoms with van der Waals surface area (Å²) in [4.78, 5) is 87.0. The Labute approximate surface area is 379 Å². The van der Waals surface area contributed by atoms with Gasteiger partial charge >= 0.3 is 0 Å². The molecule has 1 unspecified atom stereocenters. The van der Waals surface area contributed by atoms with E-state index in [4.69, 9.17) is 27.2 Å². The Bertz CT molecular complexity index is 3220. The molecule has 2 aromatic heterocycles. The summed E-state index contributed by atoms with van der Waals surface area (Å²) in [7, 11) is -1.45. The van der Waals surface area contributed by atoms with E-state index < -0.39 is 48.7 Å². The monoisotopic (exact) mass is 891 g/mol. The number of anilines is 2. The van der Waals surface area contributed by atoms with Crippen LogP contribution in [0.1, 0.15) is 78.7 Å². The SMILES string of the molecule is [2H]C([2H])([2H])Oc1ccc2c(c1)c(=O)c(C(=O)Nc1ccc(Oc3ncnc4cc(OCCCCCC(=O)Nc5ccc6c(c5)CN(C5CCC(=O)NC5=O)C6=O)c(OC)cc34)c(F)c1)c(C)n2C([2H])([2H])[2H]. The van der Waals surface area contributed by atoms with Crippen LogP contribution in [0, 0.1) is 12.7 Å². The smallest absolute Gasteiger partial charge is 0.261 e. The first kappa shape index (κ1) is 36.6. The summed E-state index contributed by atoms with van der Waals surface area (Å²) in [6, 6.07) is 14.3. The van der Waals surface area contributed by atoms with Crippen LogP contribution in [0.3, 0.4) is 0 Å². The average molecular weight is 892 g/mol. The summed E-state index contributed by atoms with van der Waals surface area (Å²) in [6.07, 6.45) is 3.64. The van der Waals surface area contributed by atoms with E-state index in [-0.39, 0.29) is 89.8 Å². The van der Waals surface area contributed by atoms with Crippen molar-refractivity contribution in [3.63, 3.8) is 0 Å². The van der Waals surface area contributed by atoms with Crippen LogP contribution in [-0.4, -0.2) is 75.8 Å². The number of ether oxygens (including phenoxy) is 4. The minimum absolute atomic E-state index is 0.0461. The number of fused-ring (bicyclic) bond motifs is 3. The molecular weight excluding hydrogens is 842 g/mol. The maximum absolute atomic E-state index is 15.7. The molecule has 4 aromatic carbocycles. The molecule has 3 N–H and O–H groups in total. The summed E-state index contributed by atoms with van der Waals surface area (Å²) in [5.41, 5.74) is 0.0887. The van der Waals surface area contributed by atoms with Crippen molar-refractivity contribution in [2.75, 3.05) is 31.4 Å².